The first-order valence-electron chi connectivity index (χ1n) is 8.24. The molecule has 4 rings (SSSR count). The molecule has 4 aromatic rings. The number of para-hydroxylation sites is 1. The lowest BCUT2D eigenvalue weighted by Gasteiger charge is -2.02. The van der Waals surface area contributed by atoms with Gasteiger partial charge >= 0.3 is 0 Å². The normalized spacial score (nSPS) is 11.7. The zero-order valence-electron chi connectivity index (χ0n) is 13.9. The van der Waals surface area contributed by atoms with E-state index in [1.165, 1.54) is 0 Å². The van der Waals surface area contributed by atoms with E-state index in [9.17, 15) is 5.11 Å². The number of phenols is 1. The van der Waals surface area contributed by atoms with Crippen molar-refractivity contribution < 1.29 is 5.11 Å². The molecule has 1 heterocycles. The van der Waals surface area contributed by atoms with Gasteiger partial charge in [-0.25, -0.2) is 4.98 Å². The monoisotopic (exact) mass is 356 g/mol. The fourth-order valence-electron chi connectivity index (χ4n) is 2.61. The van der Waals surface area contributed by atoms with Crippen LogP contribution in [0.5, 0.6) is 5.75 Å². The van der Waals surface area contributed by atoms with Gasteiger partial charge in [0, 0.05) is 6.21 Å². The molecule has 3 aromatic carbocycles. The van der Waals surface area contributed by atoms with Gasteiger partial charge in [-0.3, -0.25) is 4.99 Å². The third-order valence-corrected chi connectivity index (χ3v) is 4.97. The van der Waals surface area contributed by atoms with Gasteiger partial charge in [-0.2, -0.15) is 0 Å². The number of aromatic nitrogens is 1. The maximum atomic E-state index is 10.2. The third-order valence-electron chi connectivity index (χ3n) is 3.90. The second-order valence-corrected chi connectivity index (χ2v) is 6.77. The first-order chi connectivity index (χ1) is 12.8. The predicted octanol–water partition coefficient (Wildman–Crippen LogP) is 6.08. The molecule has 0 atom stereocenters. The van der Waals surface area contributed by atoms with Crippen LogP contribution in [0.1, 0.15) is 5.56 Å². The lowest BCUT2D eigenvalue weighted by Crippen LogP contribution is -1.78. The minimum Gasteiger partial charge on any atom is -0.507 e. The van der Waals surface area contributed by atoms with Crippen molar-refractivity contribution in [1.82, 2.24) is 4.98 Å². The Morgan fingerprint density at radius 3 is 2.58 bits per heavy atom. The Bertz CT molecular complexity index is 1060. The molecule has 0 radical (unpaired) electrons. The SMILES string of the molecule is Oc1ccc(N=C/C=C/c2ccccc2)cc1-c1nc2ccccc2s1. The van der Waals surface area contributed by atoms with E-state index in [0.29, 0.717) is 5.56 Å². The fourth-order valence-corrected chi connectivity index (χ4v) is 3.60. The fraction of sp³-hybridized carbons (Fsp3) is 0. The zero-order chi connectivity index (χ0) is 17.8. The molecule has 26 heavy (non-hydrogen) atoms. The molecule has 1 N–H and O–H groups in total. The molecule has 126 valence electrons. The Balaban J connectivity index is 1.60. The van der Waals surface area contributed by atoms with E-state index in [2.05, 4.69) is 9.98 Å². The molecule has 0 aliphatic heterocycles. The zero-order valence-corrected chi connectivity index (χ0v) is 14.7. The Morgan fingerprint density at radius 2 is 1.73 bits per heavy atom. The summed E-state index contributed by atoms with van der Waals surface area (Å²) in [6.07, 6.45) is 5.65. The first kappa shape index (κ1) is 16.2. The Morgan fingerprint density at radius 1 is 0.923 bits per heavy atom. The van der Waals surface area contributed by atoms with Gasteiger partial charge in [0.25, 0.3) is 0 Å². The molecule has 0 saturated heterocycles. The summed E-state index contributed by atoms with van der Waals surface area (Å²) in [5.41, 5.74) is 3.54. The van der Waals surface area contributed by atoms with E-state index in [0.717, 1.165) is 26.5 Å². The van der Waals surface area contributed by atoms with Crippen molar-refractivity contribution in [2.75, 3.05) is 0 Å². The smallest absolute Gasteiger partial charge is 0.128 e. The van der Waals surface area contributed by atoms with Crippen LogP contribution in [0.15, 0.2) is 83.9 Å². The number of phenolic OH excluding ortho intramolecular Hbond substituents is 1. The molecule has 4 heteroatoms. The van der Waals surface area contributed by atoms with Crippen molar-refractivity contribution >= 4 is 39.5 Å². The van der Waals surface area contributed by atoms with Crippen LogP contribution in [0, 0.1) is 0 Å². The first-order valence-corrected chi connectivity index (χ1v) is 9.06. The standard InChI is InChI=1S/C22H16N2OS/c25-20-13-12-17(23-14-6-9-16-7-2-1-3-8-16)15-18(20)22-24-19-10-4-5-11-21(19)26-22/h1-15,25H/b9-6+,23-14?. The van der Waals surface area contributed by atoms with Crippen LogP contribution < -0.4 is 0 Å². The minimum atomic E-state index is 0.211. The van der Waals surface area contributed by atoms with Crippen LogP contribution in [-0.4, -0.2) is 16.3 Å². The molecule has 0 unspecified atom stereocenters. The number of allylic oxidation sites excluding steroid dienone is 1. The largest absolute Gasteiger partial charge is 0.507 e. The maximum absolute atomic E-state index is 10.2. The van der Waals surface area contributed by atoms with Crippen molar-refractivity contribution in [3.8, 4) is 16.3 Å². The molecule has 0 spiro atoms. The van der Waals surface area contributed by atoms with Crippen LogP contribution in [0.2, 0.25) is 0 Å². The quantitative estimate of drug-likeness (QED) is 0.450. The minimum absolute atomic E-state index is 0.211. The third kappa shape index (κ3) is 3.55. The average Bonchev–Trinajstić information content (AvgIpc) is 3.11. The van der Waals surface area contributed by atoms with Crippen LogP contribution >= 0.6 is 11.3 Å². The Hall–Kier alpha value is -3.24. The number of fused-ring (bicyclic) bond motifs is 1. The predicted molar refractivity (Wildman–Crippen MR) is 110 cm³/mol. The van der Waals surface area contributed by atoms with Gasteiger partial charge in [0.2, 0.25) is 0 Å². The van der Waals surface area contributed by atoms with Gasteiger partial charge in [0.05, 0.1) is 21.5 Å². The van der Waals surface area contributed by atoms with Gasteiger partial charge in [0.1, 0.15) is 10.8 Å². The van der Waals surface area contributed by atoms with E-state index in [1.807, 2.05) is 72.8 Å². The summed E-state index contributed by atoms with van der Waals surface area (Å²) < 4.78 is 1.10. The van der Waals surface area contributed by atoms with E-state index in [-0.39, 0.29) is 5.75 Å². The van der Waals surface area contributed by atoms with E-state index < -0.39 is 0 Å². The number of hydrogen-bond donors (Lipinski definition) is 1. The molecule has 1 aromatic heterocycles. The topological polar surface area (TPSA) is 45.5 Å². The summed E-state index contributed by atoms with van der Waals surface area (Å²) >= 11 is 1.56. The number of aromatic hydroxyl groups is 1. The van der Waals surface area contributed by atoms with Crippen molar-refractivity contribution in [1.29, 1.82) is 0 Å². The lowest BCUT2D eigenvalue weighted by molar-refractivity contribution is 0.477. The van der Waals surface area contributed by atoms with E-state index >= 15 is 0 Å². The summed E-state index contributed by atoms with van der Waals surface area (Å²) in [5.74, 6) is 0.211. The van der Waals surface area contributed by atoms with Gasteiger partial charge in [-0.1, -0.05) is 48.5 Å². The van der Waals surface area contributed by atoms with Crippen LogP contribution in [0.4, 0.5) is 5.69 Å². The Labute approximate surface area is 155 Å². The van der Waals surface area contributed by atoms with Gasteiger partial charge in [0.15, 0.2) is 0 Å². The van der Waals surface area contributed by atoms with Crippen LogP contribution in [-0.2, 0) is 0 Å². The molecular weight excluding hydrogens is 340 g/mol. The van der Waals surface area contributed by atoms with E-state index in [4.69, 9.17) is 0 Å². The molecule has 0 amide bonds. The lowest BCUT2D eigenvalue weighted by atomic mass is 10.2. The number of rotatable bonds is 4. The highest BCUT2D eigenvalue weighted by Crippen LogP contribution is 2.37. The number of nitrogens with zero attached hydrogens (tertiary/aromatic N) is 2. The van der Waals surface area contributed by atoms with Crippen LogP contribution in [0.3, 0.4) is 0 Å². The highest BCUT2D eigenvalue weighted by Gasteiger charge is 2.10. The Kier molecular flexibility index (Phi) is 4.58. The van der Waals surface area contributed by atoms with E-state index in [1.54, 1.807) is 29.7 Å². The molecule has 0 aliphatic rings. The average molecular weight is 356 g/mol. The second-order valence-electron chi connectivity index (χ2n) is 5.74. The second kappa shape index (κ2) is 7.33. The number of benzene rings is 3. The highest BCUT2D eigenvalue weighted by molar-refractivity contribution is 7.21. The molecule has 0 aliphatic carbocycles. The summed E-state index contributed by atoms with van der Waals surface area (Å²) in [5, 5.41) is 11.0. The number of aliphatic imine (C=N–C) groups is 1. The summed E-state index contributed by atoms with van der Waals surface area (Å²) in [4.78, 5) is 9.07. The highest BCUT2D eigenvalue weighted by atomic mass is 32.1. The van der Waals surface area contributed by atoms with Gasteiger partial charge in [-0.15, -0.1) is 11.3 Å². The molecular formula is C22H16N2OS. The van der Waals surface area contributed by atoms with Gasteiger partial charge < -0.3 is 5.11 Å². The van der Waals surface area contributed by atoms with Crippen LogP contribution in [0.25, 0.3) is 26.9 Å². The molecule has 0 fully saturated rings. The van der Waals surface area contributed by atoms with Gasteiger partial charge in [-0.05, 0) is 42.0 Å². The molecule has 3 nitrogen and oxygen atoms in total. The summed E-state index contributed by atoms with van der Waals surface area (Å²) in [6.45, 7) is 0. The van der Waals surface area contributed by atoms with Crippen molar-refractivity contribution in [2.24, 2.45) is 4.99 Å². The van der Waals surface area contributed by atoms with Crippen molar-refractivity contribution in [3.05, 3.63) is 84.4 Å². The molecule has 0 saturated carbocycles. The molecule has 0 bridgehead atoms. The van der Waals surface area contributed by atoms with Crippen molar-refractivity contribution in [3.63, 3.8) is 0 Å². The van der Waals surface area contributed by atoms with Crippen molar-refractivity contribution in [2.45, 2.75) is 0 Å². The maximum Gasteiger partial charge on any atom is 0.128 e. The number of thiazole rings is 1. The number of hydrogen-bond acceptors (Lipinski definition) is 4. The summed E-state index contributed by atoms with van der Waals surface area (Å²) in [6, 6.07) is 23.3. The summed E-state index contributed by atoms with van der Waals surface area (Å²) in [7, 11) is 0.